The van der Waals surface area contributed by atoms with E-state index in [1.165, 1.54) is 0 Å². The largest absolute Gasteiger partial charge is 0.468 e. The van der Waals surface area contributed by atoms with Crippen LogP contribution in [0.2, 0.25) is 0 Å². The molecule has 0 spiro atoms. The average molecular weight is 358 g/mol. The zero-order chi connectivity index (χ0) is 14.9. The number of furan rings is 2. The van der Waals surface area contributed by atoms with Crippen LogP contribution in [0.3, 0.4) is 0 Å². The van der Waals surface area contributed by atoms with Crippen LogP contribution in [0.4, 0.5) is 0 Å². The standard InChI is InChI=1S/C16H12BrN3O2/c17-10-3-4-13-12(6-10)16-14(22-13)8-19-15(20-16)9-18-7-11-2-1-5-21-11/h1-6,8,18H,7,9H2. The van der Waals surface area contributed by atoms with Gasteiger partial charge in [-0.15, -0.1) is 0 Å². The second-order valence-electron chi connectivity index (χ2n) is 4.92. The first-order chi connectivity index (χ1) is 10.8. The Balaban J connectivity index is 1.61. The van der Waals surface area contributed by atoms with E-state index < -0.39 is 0 Å². The van der Waals surface area contributed by atoms with Crippen molar-refractivity contribution in [2.75, 3.05) is 0 Å². The summed E-state index contributed by atoms with van der Waals surface area (Å²) in [5.74, 6) is 1.61. The maximum Gasteiger partial charge on any atom is 0.172 e. The Labute approximate surface area is 134 Å². The number of aromatic nitrogens is 2. The molecule has 0 saturated heterocycles. The third kappa shape index (κ3) is 2.51. The van der Waals surface area contributed by atoms with Crippen molar-refractivity contribution in [3.05, 3.63) is 58.8 Å². The van der Waals surface area contributed by atoms with Gasteiger partial charge in [0.2, 0.25) is 0 Å². The normalized spacial score (nSPS) is 11.5. The Kier molecular flexibility index (Phi) is 3.40. The first-order valence-electron chi connectivity index (χ1n) is 6.86. The van der Waals surface area contributed by atoms with E-state index in [2.05, 4.69) is 31.2 Å². The highest BCUT2D eigenvalue weighted by Gasteiger charge is 2.10. The highest BCUT2D eigenvalue weighted by Crippen LogP contribution is 2.29. The van der Waals surface area contributed by atoms with Crippen LogP contribution in [0, 0.1) is 0 Å². The van der Waals surface area contributed by atoms with Crippen molar-refractivity contribution in [3.63, 3.8) is 0 Å². The maximum atomic E-state index is 5.74. The third-order valence-corrected chi connectivity index (χ3v) is 3.88. The molecule has 5 nitrogen and oxygen atoms in total. The van der Waals surface area contributed by atoms with E-state index in [1.807, 2.05) is 30.3 Å². The molecule has 6 heteroatoms. The smallest absolute Gasteiger partial charge is 0.172 e. The van der Waals surface area contributed by atoms with Crippen LogP contribution in [-0.4, -0.2) is 9.97 Å². The molecule has 0 atom stereocenters. The summed E-state index contributed by atoms with van der Waals surface area (Å²) in [6, 6.07) is 9.68. The van der Waals surface area contributed by atoms with E-state index >= 15 is 0 Å². The molecule has 0 aliphatic heterocycles. The van der Waals surface area contributed by atoms with Crippen molar-refractivity contribution in [2.24, 2.45) is 0 Å². The van der Waals surface area contributed by atoms with Gasteiger partial charge in [0.1, 0.15) is 22.7 Å². The zero-order valence-electron chi connectivity index (χ0n) is 11.5. The molecule has 4 rings (SSSR count). The van der Waals surface area contributed by atoms with E-state index in [0.29, 0.717) is 18.7 Å². The summed E-state index contributed by atoms with van der Waals surface area (Å²) in [5, 5.41) is 4.25. The van der Waals surface area contributed by atoms with Gasteiger partial charge in [-0.2, -0.15) is 0 Å². The number of nitrogens with one attached hydrogen (secondary N) is 1. The number of fused-ring (bicyclic) bond motifs is 3. The monoisotopic (exact) mass is 357 g/mol. The summed E-state index contributed by atoms with van der Waals surface area (Å²) in [6.45, 7) is 1.21. The Hall–Kier alpha value is -2.18. The van der Waals surface area contributed by atoms with E-state index in [-0.39, 0.29) is 0 Å². The van der Waals surface area contributed by atoms with Crippen LogP contribution in [0.15, 0.2) is 56.1 Å². The minimum absolute atomic E-state index is 0.567. The second kappa shape index (κ2) is 5.55. The van der Waals surface area contributed by atoms with Gasteiger partial charge in [0.25, 0.3) is 0 Å². The Morgan fingerprint density at radius 1 is 1.14 bits per heavy atom. The topological polar surface area (TPSA) is 64.1 Å². The molecule has 0 unspecified atom stereocenters. The Bertz CT molecular complexity index is 931. The summed E-state index contributed by atoms with van der Waals surface area (Å²) < 4.78 is 12.0. The maximum absolute atomic E-state index is 5.74. The first-order valence-corrected chi connectivity index (χ1v) is 7.66. The van der Waals surface area contributed by atoms with Crippen LogP contribution in [-0.2, 0) is 13.1 Å². The molecule has 0 amide bonds. The van der Waals surface area contributed by atoms with Crippen molar-refractivity contribution in [1.29, 1.82) is 0 Å². The first kappa shape index (κ1) is 13.5. The lowest BCUT2D eigenvalue weighted by Gasteiger charge is -2.01. The van der Waals surface area contributed by atoms with Gasteiger partial charge in [-0.05, 0) is 30.3 Å². The van der Waals surface area contributed by atoms with E-state index in [0.717, 1.165) is 32.5 Å². The number of rotatable bonds is 4. The molecular weight excluding hydrogens is 346 g/mol. The minimum Gasteiger partial charge on any atom is -0.468 e. The van der Waals surface area contributed by atoms with Crippen LogP contribution in [0.25, 0.3) is 22.1 Å². The third-order valence-electron chi connectivity index (χ3n) is 3.38. The second-order valence-corrected chi connectivity index (χ2v) is 5.84. The van der Waals surface area contributed by atoms with Crippen LogP contribution < -0.4 is 5.32 Å². The molecule has 1 aromatic carbocycles. The summed E-state index contributed by atoms with van der Waals surface area (Å²) in [5.41, 5.74) is 2.34. The highest BCUT2D eigenvalue weighted by atomic mass is 79.9. The lowest BCUT2D eigenvalue weighted by atomic mass is 10.2. The fraction of sp³-hybridized carbons (Fsp3) is 0.125. The molecule has 0 bridgehead atoms. The van der Waals surface area contributed by atoms with Gasteiger partial charge >= 0.3 is 0 Å². The van der Waals surface area contributed by atoms with Gasteiger partial charge in [0.05, 0.1) is 25.5 Å². The Morgan fingerprint density at radius 2 is 2.09 bits per heavy atom. The Morgan fingerprint density at radius 3 is 2.95 bits per heavy atom. The molecule has 4 aromatic rings. The van der Waals surface area contributed by atoms with Crippen molar-refractivity contribution in [3.8, 4) is 0 Å². The molecule has 1 N–H and O–H groups in total. The molecule has 3 heterocycles. The van der Waals surface area contributed by atoms with E-state index in [9.17, 15) is 0 Å². The molecular formula is C16H12BrN3O2. The van der Waals surface area contributed by atoms with Crippen molar-refractivity contribution in [2.45, 2.75) is 13.1 Å². The quantitative estimate of drug-likeness (QED) is 0.597. The van der Waals surface area contributed by atoms with Crippen molar-refractivity contribution in [1.82, 2.24) is 15.3 Å². The predicted octanol–water partition coefficient (Wildman–Crippen LogP) is 4.02. The summed E-state index contributed by atoms with van der Waals surface area (Å²) in [7, 11) is 0. The zero-order valence-corrected chi connectivity index (χ0v) is 13.1. The highest BCUT2D eigenvalue weighted by molar-refractivity contribution is 9.10. The molecule has 0 aliphatic rings. The van der Waals surface area contributed by atoms with E-state index in [4.69, 9.17) is 8.83 Å². The number of nitrogens with zero attached hydrogens (tertiary/aromatic N) is 2. The van der Waals surface area contributed by atoms with Gasteiger partial charge < -0.3 is 14.2 Å². The molecule has 22 heavy (non-hydrogen) atoms. The van der Waals surface area contributed by atoms with Gasteiger partial charge in [-0.1, -0.05) is 15.9 Å². The van der Waals surface area contributed by atoms with Gasteiger partial charge in [-0.3, -0.25) is 0 Å². The van der Waals surface area contributed by atoms with Gasteiger partial charge in [0, 0.05) is 9.86 Å². The summed E-state index contributed by atoms with van der Waals surface area (Å²) in [6.07, 6.45) is 3.38. The van der Waals surface area contributed by atoms with Crippen LogP contribution in [0.5, 0.6) is 0 Å². The molecule has 3 aromatic heterocycles. The molecule has 0 fully saturated rings. The lowest BCUT2D eigenvalue weighted by Crippen LogP contribution is -2.14. The molecule has 0 radical (unpaired) electrons. The molecule has 0 saturated carbocycles. The lowest BCUT2D eigenvalue weighted by molar-refractivity contribution is 0.480. The fourth-order valence-electron chi connectivity index (χ4n) is 2.37. The molecule has 110 valence electrons. The van der Waals surface area contributed by atoms with Gasteiger partial charge in [-0.25, -0.2) is 9.97 Å². The van der Waals surface area contributed by atoms with Crippen molar-refractivity contribution >= 4 is 38.0 Å². The van der Waals surface area contributed by atoms with Gasteiger partial charge in [0.15, 0.2) is 5.58 Å². The molecule has 0 aliphatic carbocycles. The minimum atomic E-state index is 0.567. The SMILES string of the molecule is Brc1ccc2oc3cnc(CNCc4ccco4)nc3c2c1. The fourth-order valence-corrected chi connectivity index (χ4v) is 2.73. The number of hydrogen-bond donors (Lipinski definition) is 1. The number of benzene rings is 1. The van der Waals surface area contributed by atoms with Crippen LogP contribution in [0.1, 0.15) is 11.6 Å². The van der Waals surface area contributed by atoms with Crippen LogP contribution >= 0.6 is 15.9 Å². The average Bonchev–Trinajstić information content (AvgIpc) is 3.15. The number of halogens is 1. The van der Waals surface area contributed by atoms with E-state index in [1.54, 1.807) is 12.5 Å². The number of hydrogen-bond acceptors (Lipinski definition) is 5. The summed E-state index contributed by atoms with van der Waals surface area (Å²) in [4.78, 5) is 8.94. The summed E-state index contributed by atoms with van der Waals surface area (Å²) >= 11 is 3.48. The van der Waals surface area contributed by atoms with Crippen molar-refractivity contribution < 1.29 is 8.83 Å². The predicted molar refractivity (Wildman–Crippen MR) is 86.3 cm³/mol.